The Kier molecular flexibility index (Phi) is 5.82. The van der Waals surface area contributed by atoms with Crippen LogP contribution in [-0.4, -0.2) is 10.5 Å². The first-order valence-corrected chi connectivity index (χ1v) is 13.3. The maximum atomic E-state index is 13.8. The summed E-state index contributed by atoms with van der Waals surface area (Å²) in [4.78, 5) is 30.7. The van der Waals surface area contributed by atoms with Crippen LogP contribution in [0.2, 0.25) is 0 Å². The summed E-state index contributed by atoms with van der Waals surface area (Å²) in [5, 5.41) is 0. The lowest BCUT2D eigenvalue weighted by Gasteiger charge is -2.30. The fourth-order valence-corrected chi connectivity index (χ4v) is 6.18. The Hall–Kier alpha value is -3.55. The number of benzene rings is 3. The van der Waals surface area contributed by atoms with Crippen molar-refractivity contribution in [1.82, 2.24) is 4.57 Å². The topological polar surface area (TPSA) is 60.7 Å². The largest absolute Gasteiger partial charge is 0.427 e. The van der Waals surface area contributed by atoms with E-state index < -0.39 is 0 Å². The van der Waals surface area contributed by atoms with E-state index in [2.05, 4.69) is 46.3 Å². The normalized spacial score (nSPS) is 16.6. The van der Waals surface area contributed by atoms with E-state index in [0.717, 1.165) is 39.7 Å². The molecule has 0 radical (unpaired) electrons. The maximum absolute atomic E-state index is 13.8. The van der Waals surface area contributed by atoms with Gasteiger partial charge in [0.1, 0.15) is 5.75 Å². The number of hydrogen-bond acceptors (Lipinski definition) is 5. The first kappa shape index (κ1) is 22.9. The quantitative estimate of drug-likeness (QED) is 0.263. The zero-order valence-electron chi connectivity index (χ0n) is 19.4. The number of aromatic nitrogens is 1. The summed E-state index contributed by atoms with van der Waals surface area (Å²) in [5.41, 5.74) is 6.48. The van der Waals surface area contributed by atoms with E-state index in [9.17, 15) is 9.59 Å². The SMILES string of the molecule is CC(=O)Oc1ccc(/C=c2\sc3n(c2=O)[C@H](c2ccc(Br)cc2)C2=C(N=3)c3ccccc3CC2)cc1. The number of carbonyl (C=O) groups excluding carboxylic acids is 1. The summed E-state index contributed by atoms with van der Waals surface area (Å²) in [6.45, 7) is 1.37. The first-order valence-electron chi connectivity index (χ1n) is 11.6. The number of hydrogen-bond donors (Lipinski definition) is 0. The lowest BCUT2D eigenvalue weighted by atomic mass is 9.83. The van der Waals surface area contributed by atoms with Crippen LogP contribution in [-0.2, 0) is 11.2 Å². The summed E-state index contributed by atoms with van der Waals surface area (Å²) < 4.78 is 8.58. The zero-order valence-corrected chi connectivity index (χ0v) is 21.8. The molecule has 1 aliphatic heterocycles. The van der Waals surface area contributed by atoms with Crippen molar-refractivity contribution in [2.75, 3.05) is 0 Å². The van der Waals surface area contributed by atoms with Crippen molar-refractivity contribution < 1.29 is 9.53 Å². The summed E-state index contributed by atoms with van der Waals surface area (Å²) in [6, 6.07) is 23.5. The van der Waals surface area contributed by atoms with Crippen LogP contribution < -0.4 is 19.6 Å². The van der Waals surface area contributed by atoms with E-state index in [1.807, 2.05) is 41.0 Å². The van der Waals surface area contributed by atoms with Crippen molar-refractivity contribution in [3.05, 3.63) is 125 Å². The maximum Gasteiger partial charge on any atom is 0.308 e. The smallest absolute Gasteiger partial charge is 0.308 e. The van der Waals surface area contributed by atoms with Gasteiger partial charge in [-0.15, -0.1) is 0 Å². The zero-order chi connectivity index (χ0) is 24.8. The third kappa shape index (κ3) is 4.08. The van der Waals surface area contributed by atoms with Crippen LogP contribution in [0.1, 0.15) is 41.6 Å². The molecule has 1 aliphatic carbocycles. The number of rotatable bonds is 3. The van der Waals surface area contributed by atoms with Gasteiger partial charge in [0.15, 0.2) is 4.80 Å². The number of thiazole rings is 1. The highest BCUT2D eigenvalue weighted by molar-refractivity contribution is 9.10. The highest BCUT2D eigenvalue weighted by Gasteiger charge is 2.32. The monoisotopic (exact) mass is 556 g/mol. The third-order valence-electron chi connectivity index (χ3n) is 6.50. The van der Waals surface area contributed by atoms with E-state index in [0.29, 0.717) is 15.1 Å². The van der Waals surface area contributed by atoms with Crippen LogP contribution in [0.3, 0.4) is 0 Å². The van der Waals surface area contributed by atoms with Crippen molar-refractivity contribution in [2.45, 2.75) is 25.8 Å². The van der Waals surface area contributed by atoms with E-state index in [1.165, 1.54) is 29.4 Å². The predicted octanol–water partition coefficient (Wildman–Crippen LogP) is 5.01. The molecular weight excluding hydrogens is 536 g/mol. The van der Waals surface area contributed by atoms with Crippen molar-refractivity contribution >= 4 is 45.0 Å². The molecular formula is C29H21BrN2O3S. The number of ether oxygens (including phenoxy) is 1. The Morgan fingerprint density at radius 2 is 1.81 bits per heavy atom. The molecule has 7 heteroatoms. The number of allylic oxidation sites excluding steroid dienone is 1. The summed E-state index contributed by atoms with van der Waals surface area (Å²) >= 11 is 4.94. The van der Waals surface area contributed by atoms with Gasteiger partial charge in [0.25, 0.3) is 5.56 Å². The average molecular weight is 557 g/mol. The minimum Gasteiger partial charge on any atom is -0.427 e. The number of esters is 1. The molecule has 0 amide bonds. The fraction of sp³-hybridized carbons (Fsp3) is 0.138. The second kappa shape index (κ2) is 9.15. The standard InChI is InChI=1S/C29H21BrN2O3S/c1-17(33)35-22-13-6-18(7-14-22)16-25-28(34)32-27(20-8-11-21(30)12-9-20)24-15-10-19-4-2-3-5-23(19)26(24)31-29(32)36-25/h2-9,11-14,16,27H,10,15H2,1H3/b25-16-/t27-/m1/s1. The molecule has 0 spiro atoms. The summed E-state index contributed by atoms with van der Waals surface area (Å²) in [5.74, 6) is 0.109. The van der Waals surface area contributed by atoms with E-state index >= 15 is 0 Å². The van der Waals surface area contributed by atoms with Gasteiger partial charge in [0.05, 0.1) is 16.3 Å². The molecule has 3 aromatic carbocycles. The molecule has 0 fully saturated rings. The van der Waals surface area contributed by atoms with Gasteiger partial charge in [0, 0.05) is 17.0 Å². The molecule has 178 valence electrons. The van der Waals surface area contributed by atoms with Crippen LogP contribution in [0.4, 0.5) is 0 Å². The van der Waals surface area contributed by atoms with Crippen molar-refractivity contribution in [3.8, 4) is 5.75 Å². The van der Waals surface area contributed by atoms with Gasteiger partial charge in [-0.2, -0.15) is 0 Å². The van der Waals surface area contributed by atoms with Crippen LogP contribution >= 0.6 is 27.3 Å². The van der Waals surface area contributed by atoms with E-state index in [1.54, 1.807) is 12.1 Å². The van der Waals surface area contributed by atoms with Gasteiger partial charge in [0.2, 0.25) is 0 Å². The van der Waals surface area contributed by atoms with Crippen molar-refractivity contribution in [3.63, 3.8) is 0 Å². The van der Waals surface area contributed by atoms with Gasteiger partial charge in [-0.1, -0.05) is 75.8 Å². The van der Waals surface area contributed by atoms with Gasteiger partial charge >= 0.3 is 5.97 Å². The second-order valence-electron chi connectivity index (χ2n) is 8.83. The number of halogens is 1. The number of carbonyl (C=O) groups is 1. The molecule has 1 atom stereocenters. The van der Waals surface area contributed by atoms with Crippen LogP contribution in [0.15, 0.2) is 92.6 Å². The molecule has 0 saturated carbocycles. The lowest BCUT2D eigenvalue weighted by Crippen LogP contribution is -2.38. The Bertz CT molecular complexity index is 1710. The Labute approximate surface area is 219 Å². The number of fused-ring (bicyclic) bond motifs is 3. The first-order chi connectivity index (χ1) is 17.5. The Morgan fingerprint density at radius 3 is 2.56 bits per heavy atom. The molecule has 5 nitrogen and oxygen atoms in total. The van der Waals surface area contributed by atoms with Crippen LogP contribution in [0.25, 0.3) is 11.8 Å². The molecule has 4 aromatic rings. The highest BCUT2D eigenvalue weighted by Crippen LogP contribution is 2.41. The minimum absolute atomic E-state index is 0.0545. The second-order valence-corrected chi connectivity index (χ2v) is 10.8. The Balaban J connectivity index is 1.53. The number of nitrogens with zero attached hydrogens (tertiary/aromatic N) is 2. The Morgan fingerprint density at radius 1 is 1.06 bits per heavy atom. The predicted molar refractivity (Wildman–Crippen MR) is 145 cm³/mol. The molecule has 0 unspecified atom stereocenters. The molecule has 0 saturated heterocycles. The number of aryl methyl sites for hydroxylation is 1. The summed E-state index contributed by atoms with van der Waals surface area (Å²) in [7, 11) is 0. The van der Waals surface area contributed by atoms with Gasteiger partial charge in [-0.25, -0.2) is 4.99 Å². The van der Waals surface area contributed by atoms with E-state index in [-0.39, 0.29) is 17.6 Å². The minimum atomic E-state index is -0.366. The van der Waals surface area contributed by atoms with E-state index in [4.69, 9.17) is 9.73 Å². The van der Waals surface area contributed by atoms with Gasteiger partial charge in [-0.3, -0.25) is 14.2 Å². The third-order valence-corrected chi connectivity index (χ3v) is 8.01. The van der Waals surface area contributed by atoms with Crippen LogP contribution in [0, 0.1) is 0 Å². The molecule has 2 aliphatic rings. The van der Waals surface area contributed by atoms with Gasteiger partial charge < -0.3 is 4.74 Å². The van der Waals surface area contributed by atoms with Crippen molar-refractivity contribution in [1.29, 1.82) is 0 Å². The fourth-order valence-electron chi connectivity index (χ4n) is 4.92. The average Bonchev–Trinajstić information content (AvgIpc) is 3.18. The highest BCUT2D eigenvalue weighted by atomic mass is 79.9. The summed E-state index contributed by atoms with van der Waals surface area (Å²) in [6.07, 6.45) is 3.66. The lowest BCUT2D eigenvalue weighted by molar-refractivity contribution is -0.131. The molecule has 36 heavy (non-hydrogen) atoms. The van der Waals surface area contributed by atoms with Crippen molar-refractivity contribution in [2.24, 2.45) is 4.99 Å². The molecule has 6 rings (SSSR count). The molecule has 0 bridgehead atoms. The molecule has 2 heterocycles. The van der Waals surface area contributed by atoms with Gasteiger partial charge in [-0.05, 0) is 65.4 Å². The molecule has 0 N–H and O–H groups in total. The van der Waals surface area contributed by atoms with Crippen LogP contribution in [0.5, 0.6) is 5.75 Å². The molecule has 1 aromatic heterocycles.